The molecule has 1 N–H and O–H groups in total. The highest BCUT2D eigenvalue weighted by atomic mass is 32.1. The fourth-order valence-corrected chi connectivity index (χ4v) is 3.29. The van der Waals surface area contributed by atoms with Gasteiger partial charge in [0, 0.05) is 34.8 Å². The Bertz CT molecular complexity index is 552. The van der Waals surface area contributed by atoms with Crippen LogP contribution in [0.2, 0.25) is 0 Å². The van der Waals surface area contributed by atoms with Crippen LogP contribution in [0.3, 0.4) is 0 Å². The van der Waals surface area contributed by atoms with Crippen LogP contribution in [0, 0.1) is 13.8 Å². The molecule has 0 aromatic carbocycles. The Morgan fingerprint density at radius 3 is 2.80 bits per heavy atom. The first-order valence-corrected chi connectivity index (χ1v) is 7.81. The average molecular weight is 290 g/mol. The van der Waals surface area contributed by atoms with Crippen molar-refractivity contribution >= 4 is 11.3 Å². The molecule has 0 aliphatic heterocycles. The summed E-state index contributed by atoms with van der Waals surface area (Å²) in [6.45, 7) is 7.06. The molecule has 0 aliphatic rings. The van der Waals surface area contributed by atoms with Crippen molar-refractivity contribution < 1.29 is 4.74 Å². The van der Waals surface area contributed by atoms with Gasteiger partial charge in [-0.05, 0) is 31.7 Å². The molecule has 108 valence electrons. The number of thiophene rings is 1. The number of hydrogen-bond acceptors (Lipinski definition) is 4. The largest absolute Gasteiger partial charge is 0.496 e. The van der Waals surface area contributed by atoms with Crippen LogP contribution in [-0.2, 0) is 6.54 Å². The Balaban J connectivity index is 2.11. The van der Waals surface area contributed by atoms with Crippen molar-refractivity contribution in [1.82, 2.24) is 10.3 Å². The number of hydrogen-bond donors (Lipinski definition) is 1. The molecule has 4 heteroatoms. The highest BCUT2D eigenvalue weighted by Crippen LogP contribution is 2.25. The van der Waals surface area contributed by atoms with Crippen LogP contribution in [-0.4, -0.2) is 12.1 Å². The zero-order valence-corrected chi connectivity index (χ0v) is 13.4. The van der Waals surface area contributed by atoms with Gasteiger partial charge in [0.05, 0.1) is 12.8 Å². The van der Waals surface area contributed by atoms with E-state index in [4.69, 9.17) is 4.74 Å². The Morgan fingerprint density at radius 2 is 2.20 bits per heavy atom. The smallest absolute Gasteiger partial charge is 0.128 e. The zero-order valence-electron chi connectivity index (χ0n) is 12.6. The molecular weight excluding hydrogens is 268 g/mol. The maximum absolute atomic E-state index is 5.46. The molecule has 0 radical (unpaired) electrons. The van der Waals surface area contributed by atoms with Crippen molar-refractivity contribution in [3.63, 3.8) is 0 Å². The molecule has 0 saturated carbocycles. The summed E-state index contributed by atoms with van der Waals surface area (Å²) in [6.07, 6.45) is 2.96. The lowest BCUT2D eigenvalue weighted by atomic mass is 10.1. The van der Waals surface area contributed by atoms with E-state index in [1.54, 1.807) is 18.4 Å². The second-order valence-corrected chi connectivity index (χ2v) is 5.88. The average Bonchev–Trinajstić information content (AvgIpc) is 2.96. The van der Waals surface area contributed by atoms with Gasteiger partial charge in [0.2, 0.25) is 0 Å². The second-order valence-electron chi connectivity index (χ2n) is 4.90. The van der Waals surface area contributed by atoms with Crippen LogP contribution in [0.1, 0.15) is 41.1 Å². The van der Waals surface area contributed by atoms with Crippen LogP contribution in [0.4, 0.5) is 0 Å². The molecule has 0 aliphatic carbocycles. The van der Waals surface area contributed by atoms with Gasteiger partial charge in [0.25, 0.3) is 0 Å². The number of nitrogens with one attached hydrogen (secondary N) is 1. The van der Waals surface area contributed by atoms with Gasteiger partial charge in [-0.1, -0.05) is 13.0 Å². The molecule has 0 fully saturated rings. The minimum atomic E-state index is 0.392. The SMILES string of the molecule is CCC(NCc1ncc(C)c(OC)c1C)c1cccs1. The molecule has 0 saturated heterocycles. The molecule has 0 amide bonds. The van der Waals surface area contributed by atoms with Crippen molar-refractivity contribution in [2.24, 2.45) is 0 Å². The number of aromatic nitrogens is 1. The summed E-state index contributed by atoms with van der Waals surface area (Å²) < 4.78 is 5.46. The topological polar surface area (TPSA) is 34.2 Å². The number of aryl methyl sites for hydroxylation is 1. The Kier molecular flexibility index (Phi) is 5.15. The van der Waals surface area contributed by atoms with Gasteiger partial charge in [-0.3, -0.25) is 4.98 Å². The van der Waals surface area contributed by atoms with Gasteiger partial charge in [0.1, 0.15) is 5.75 Å². The van der Waals surface area contributed by atoms with E-state index in [1.165, 1.54) is 4.88 Å². The number of rotatable bonds is 6. The predicted octanol–water partition coefficient (Wildman–Crippen LogP) is 4.01. The minimum absolute atomic E-state index is 0.392. The van der Waals surface area contributed by atoms with E-state index in [0.717, 1.165) is 35.5 Å². The molecule has 1 unspecified atom stereocenters. The first-order chi connectivity index (χ1) is 9.67. The van der Waals surface area contributed by atoms with Crippen LogP contribution in [0.15, 0.2) is 23.7 Å². The third-order valence-corrected chi connectivity index (χ3v) is 4.55. The summed E-state index contributed by atoms with van der Waals surface area (Å²) in [7, 11) is 1.72. The van der Waals surface area contributed by atoms with E-state index >= 15 is 0 Å². The first-order valence-electron chi connectivity index (χ1n) is 6.93. The Labute approximate surface area is 125 Å². The fourth-order valence-electron chi connectivity index (χ4n) is 2.40. The monoisotopic (exact) mass is 290 g/mol. The lowest BCUT2D eigenvalue weighted by molar-refractivity contribution is 0.406. The van der Waals surface area contributed by atoms with Crippen molar-refractivity contribution in [2.45, 2.75) is 39.8 Å². The maximum Gasteiger partial charge on any atom is 0.128 e. The van der Waals surface area contributed by atoms with Crippen molar-refractivity contribution in [3.8, 4) is 5.75 Å². The third kappa shape index (κ3) is 3.19. The number of pyridine rings is 1. The van der Waals surface area contributed by atoms with E-state index in [9.17, 15) is 0 Å². The standard InChI is InChI=1S/C16H22N2OS/c1-5-13(15-7-6-8-20-15)18-10-14-12(3)16(19-4)11(2)9-17-14/h6-9,13,18H,5,10H2,1-4H3. The molecule has 0 spiro atoms. The Hall–Kier alpha value is -1.39. The summed E-state index contributed by atoms with van der Waals surface area (Å²) in [4.78, 5) is 5.91. The molecule has 2 rings (SSSR count). The van der Waals surface area contributed by atoms with Crippen LogP contribution < -0.4 is 10.1 Å². The lowest BCUT2D eigenvalue weighted by Gasteiger charge is -2.17. The summed E-state index contributed by atoms with van der Waals surface area (Å²) in [5.41, 5.74) is 3.27. The highest BCUT2D eigenvalue weighted by Gasteiger charge is 2.13. The van der Waals surface area contributed by atoms with Gasteiger partial charge in [-0.2, -0.15) is 0 Å². The molecule has 2 aromatic rings. The third-order valence-electron chi connectivity index (χ3n) is 3.56. The molecule has 20 heavy (non-hydrogen) atoms. The molecule has 1 atom stereocenters. The van der Waals surface area contributed by atoms with Gasteiger partial charge in [0.15, 0.2) is 0 Å². The molecule has 3 nitrogen and oxygen atoms in total. The van der Waals surface area contributed by atoms with Crippen molar-refractivity contribution in [2.75, 3.05) is 7.11 Å². The first kappa shape index (κ1) is 15.0. The van der Waals surface area contributed by atoms with Gasteiger partial charge in [-0.25, -0.2) is 0 Å². The minimum Gasteiger partial charge on any atom is -0.496 e. The molecule has 2 heterocycles. The zero-order chi connectivity index (χ0) is 14.5. The summed E-state index contributed by atoms with van der Waals surface area (Å²) in [6, 6.07) is 4.67. The predicted molar refractivity (Wildman–Crippen MR) is 84.5 cm³/mol. The van der Waals surface area contributed by atoms with Crippen LogP contribution in [0.25, 0.3) is 0 Å². The summed E-state index contributed by atoms with van der Waals surface area (Å²) >= 11 is 1.80. The van der Waals surface area contributed by atoms with Gasteiger partial charge in [-0.15, -0.1) is 11.3 Å². The number of ether oxygens (including phenoxy) is 1. The van der Waals surface area contributed by atoms with Crippen LogP contribution in [0.5, 0.6) is 5.75 Å². The number of nitrogens with zero attached hydrogens (tertiary/aromatic N) is 1. The van der Waals surface area contributed by atoms with Crippen molar-refractivity contribution in [1.29, 1.82) is 0 Å². The fraction of sp³-hybridized carbons (Fsp3) is 0.438. The normalized spacial score (nSPS) is 12.4. The maximum atomic E-state index is 5.46. The summed E-state index contributed by atoms with van der Waals surface area (Å²) in [5, 5.41) is 5.72. The van der Waals surface area contributed by atoms with E-state index in [0.29, 0.717) is 6.04 Å². The van der Waals surface area contributed by atoms with Crippen LogP contribution >= 0.6 is 11.3 Å². The van der Waals surface area contributed by atoms with E-state index in [1.807, 2.05) is 13.1 Å². The van der Waals surface area contributed by atoms with Crippen molar-refractivity contribution in [3.05, 3.63) is 45.4 Å². The van der Waals surface area contributed by atoms with E-state index in [-0.39, 0.29) is 0 Å². The molecule has 0 bridgehead atoms. The highest BCUT2D eigenvalue weighted by molar-refractivity contribution is 7.10. The van der Waals surface area contributed by atoms with Gasteiger partial charge < -0.3 is 10.1 Å². The Morgan fingerprint density at radius 1 is 1.40 bits per heavy atom. The summed E-state index contributed by atoms with van der Waals surface area (Å²) in [5.74, 6) is 0.945. The molecular formula is C16H22N2OS. The molecule has 2 aromatic heterocycles. The van der Waals surface area contributed by atoms with Gasteiger partial charge >= 0.3 is 0 Å². The quantitative estimate of drug-likeness (QED) is 0.873. The lowest BCUT2D eigenvalue weighted by Crippen LogP contribution is -2.20. The van der Waals surface area contributed by atoms with E-state index in [2.05, 4.69) is 41.7 Å². The van der Waals surface area contributed by atoms with E-state index < -0.39 is 0 Å². The second kappa shape index (κ2) is 6.86. The number of methoxy groups -OCH3 is 1.